The van der Waals surface area contributed by atoms with E-state index in [1.807, 2.05) is 6.20 Å². The van der Waals surface area contributed by atoms with E-state index in [9.17, 15) is 0 Å². The summed E-state index contributed by atoms with van der Waals surface area (Å²) in [6, 6.07) is 3.12. The van der Waals surface area contributed by atoms with E-state index in [0.717, 1.165) is 29.7 Å². The van der Waals surface area contributed by atoms with Gasteiger partial charge in [0.15, 0.2) is 0 Å². The molecule has 0 saturated heterocycles. The fourth-order valence-corrected chi connectivity index (χ4v) is 8.24. The van der Waals surface area contributed by atoms with Crippen LogP contribution in [0.4, 0.5) is 0 Å². The van der Waals surface area contributed by atoms with Crippen molar-refractivity contribution in [1.82, 2.24) is 10.3 Å². The van der Waals surface area contributed by atoms with Gasteiger partial charge in [-0.25, -0.2) is 0 Å². The third-order valence-corrected chi connectivity index (χ3v) is 9.84. The van der Waals surface area contributed by atoms with Gasteiger partial charge in [-0.1, -0.05) is 19.9 Å². The molecule has 152 valence electrons. The van der Waals surface area contributed by atoms with Crippen molar-refractivity contribution >= 4 is 5.57 Å². The molecule has 2 heteroatoms. The predicted octanol–water partition coefficient (Wildman–Crippen LogP) is 6.01. The van der Waals surface area contributed by atoms with Gasteiger partial charge in [-0.2, -0.15) is 0 Å². The zero-order chi connectivity index (χ0) is 19.5. The summed E-state index contributed by atoms with van der Waals surface area (Å²) in [6.45, 7) is 7.44. The van der Waals surface area contributed by atoms with E-state index in [1.165, 1.54) is 62.5 Å². The molecule has 4 aliphatic rings. The van der Waals surface area contributed by atoms with Crippen LogP contribution >= 0.6 is 0 Å². The van der Waals surface area contributed by atoms with Gasteiger partial charge in [0.2, 0.25) is 0 Å². The highest BCUT2D eigenvalue weighted by molar-refractivity contribution is 5.72. The van der Waals surface area contributed by atoms with Crippen LogP contribution in [-0.4, -0.2) is 18.1 Å². The summed E-state index contributed by atoms with van der Waals surface area (Å²) in [5.74, 6) is 3.67. The molecule has 5 rings (SSSR count). The monoisotopic (exact) mass is 378 g/mol. The number of aryl methyl sites for hydroxylation is 1. The second-order valence-electron chi connectivity index (χ2n) is 11.0. The van der Waals surface area contributed by atoms with Gasteiger partial charge >= 0.3 is 0 Å². The summed E-state index contributed by atoms with van der Waals surface area (Å²) in [5, 5.41) is 3.58. The molecule has 1 N–H and O–H groups in total. The minimum absolute atomic E-state index is 0.363. The fraction of sp³-hybridized carbons (Fsp3) is 0.731. The molecule has 0 aliphatic heterocycles. The quantitative estimate of drug-likeness (QED) is 0.681. The van der Waals surface area contributed by atoms with Crippen LogP contribution in [0.2, 0.25) is 0 Å². The normalized spacial score (nSPS) is 45.0. The molecule has 28 heavy (non-hydrogen) atoms. The summed E-state index contributed by atoms with van der Waals surface area (Å²) >= 11 is 0. The summed E-state index contributed by atoms with van der Waals surface area (Å²) in [6.07, 6.45) is 18.0. The molecule has 0 amide bonds. The van der Waals surface area contributed by atoms with E-state index < -0.39 is 0 Å². The van der Waals surface area contributed by atoms with Gasteiger partial charge < -0.3 is 5.32 Å². The zero-order valence-corrected chi connectivity index (χ0v) is 18.3. The van der Waals surface area contributed by atoms with E-state index >= 15 is 0 Å². The molecule has 4 aliphatic carbocycles. The molecule has 0 bridgehead atoms. The van der Waals surface area contributed by atoms with Crippen molar-refractivity contribution < 1.29 is 0 Å². The van der Waals surface area contributed by atoms with Crippen molar-refractivity contribution in [3.05, 3.63) is 35.7 Å². The number of nitrogens with zero attached hydrogens (tertiary/aromatic N) is 1. The lowest BCUT2D eigenvalue weighted by Gasteiger charge is -2.61. The van der Waals surface area contributed by atoms with E-state index in [2.05, 4.69) is 56.5 Å². The number of allylic oxidation sites excluding steroid dienone is 2. The second kappa shape index (κ2) is 6.69. The van der Waals surface area contributed by atoms with Gasteiger partial charge in [0.1, 0.15) is 0 Å². The Kier molecular flexibility index (Phi) is 4.50. The van der Waals surface area contributed by atoms with Gasteiger partial charge in [-0.15, -0.1) is 0 Å². The van der Waals surface area contributed by atoms with Crippen LogP contribution in [0.1, 0.15) is 76.3 Å². The summed E-state index contributed by atoms with van der Waals surface area (Å²) in [7, 11) is 2.16. The zero-order valence-electron chi connectivity index (χ0n) is 18.3. The minimum atomic E-state index is 0.363. The Morgan fingerprint density at radius 3 is 2.68 bits per heavy atom. The molecule has 1 heterocycles. The van der Waals surface area contributed by atoms with Crippen LogP contribution in [0.3, 0.4) is 0 Å². The maximum atomic E-state index is 4.51. The molecule has 3 fully saturated rings. The van der Waals surface area contributed by atoms with Crippen molar-refractivity contribution in [2.45, 2.75) is 78.2 Å². The maximum absolute atomic E-state index is 4.51. The van der Waals surface area contributed by atoms with E-state index in [-0.39, 0.29) is 0 Å². The summed E-state index contributed by atoms with van der Waals surface area (Å²) in [5.41, 5.74) is 5.23. The Labute approximate surface area is 171 Å². The van der Waals surface area contributed by atoms with Crippen molar-refractivity contribution in [3.63, 3.8) is 0 Å². The average Bonchev–Trinajstić information content (AvgIpc) is 3.04. The van der Waals surface area contributed by atoms with Gasteiger partial charge in [-0.05, 0) is 123 Å². The smallest absolute Gasteiger partial charge is 0.0343 e. The molecule has 0 spiro atoms. The molecule has 2 nitrogen and oxygen atoms in total. The lowest BCUT2D eigenvalue weighted by molar-refractivity contribution is -0.0996. The van der Waals surface area contributed by atoms with Crippen LogP contribution in [0.5, 0.6) is 0 Å². The molecule has 1 aromatic heterocycles. The number of hydrogen-bond donors (Lipinski definition) is 1. The number of aromatic nitrogens is 1. The van der Waals surface area contributed by atoms with Crippen LogP contribution in [0.25, 0.3) is 5.57 Å². The van der Waals surface area contributed by atoms with Gasteiger partial charge in [0, 0.05) is 18.4 Å². The number of fused-ring (bicyclic) bond motifs is 5. The topological polar surface area (TPSA) is 24.9 Å². The van der Waals surface area contributed by atoms with Crippen LogP contribution in [-0.2, 0) is 0 Å². The molecule has 3 saturated carbocycles. The summed E-state index contributed by atoms with van der Waals surface area (Å²) in [4.78, 5) is 4.51. The Bertz CT molecular complexity index is 782. The highest BCUT2D eigenvalue weighted by Crippen LogP contribution is 2.67. The first-order valence-electron chi connectivity index (χ1n) is 11.8. The Morgan fingerprint density at radius 2 is 1.89 bits per heavy atom. The average molecular weight is 379 g/mol. The van der Waals surface area contributed by atoms with Gasteiger partial charge in [-0.3, -0.25) is 4.98 Å². The molecule has 7 unspecified atom stereocenters. The molecule has 0 radical (unpaired) electrons. The lowest BCUT2D eigenvalue weighted by atomic mass is 9.44. The molecule has 1 aromatic rings. The largest absolute Gasteiger partial charge is 0.317 e. The fourth-order valence-electron chi connectivity index (χ4n) is 8.24. The van der Waals surface area contributed by atoms with E-state index in [1.54, 1.807) is 5.57 Å². The Morgan fingerprint density at radius 1 is 1.04 bits per heavy atom. The molecular weight excluding hydrogens is 340 g/mol. The highest BCUT2D eigenvalue weighted by Gasteiger charge is 2.58. The SMILES string of the molecule is CNC1CCC2(C)C(CCC3C4CC=C(c5cncc(C)c5)C4(C)CCC32)C1. The summed E-state index contributed by atoms with van der Waals surface area (Å²) < 4.78 is 0. The number of nitrogens with one attached hydrogen (secondary N) is 1. The van der Waals surface area contributed by atoms with Gasteiger partial charge in [0.25, 0.3) is 0 Å². The highest BCUT2D eigenvalue weighted by atomic mass is 14.9. The number of rotatable bonds is 2. The Hall–Kier alpha value is -1.15. The standard InChI is InChI=1S/C26H38N2/c1-17-13-18(16-28-15-17)22-7-8-23-21-6-5-19-14-20(27-4)9-11-25(19,2)24(21)10-12-26(22,23)3/h7,13,15-16,19-21,23-24,27H,5-6,8-12,14H2,1-4H3. The molecule has 0 aromatic carbocycles. The van der Waals surface area contributed by atoms with Crippen molar-refractivity contribution in [3.8, 4) is 0 Å². The molecule has 7 atom stereocenters. The first-order valence-corrected chi connectivity index (χ1v) is 11.8. The van der Waals surface area contributed by atoms with Crippen molar-refractivity contribution in [1.29, 1.82) is 0 Å². The molecular formula is C26H38N2. The second-order valence-corrected chi connectivity index (χ2v) is 11.0. The lowest BCUT2D eigenvalue weighted by Crippen LogP contribution is -2.54. The number of hydrogen-bond acceptors (Lipinski definition) is 2. The van der Waals surface area contributed by atoms with Gasteiger partial charge in [0.05, 0.1) is 0 Å². The Balaban J connectivity index is 1.42. The van der Waals surface area contributed by atoms with E-state index in [0.29, 0.717) is 10.8 Å². The third kappa shape index (κ3) is 2.66. The first-order chi connectivity index (χ1) is 13.5. The van der Waals surface area contributed by atoms with Crippen LogP contribution < -0.4 is 5.32 Å². The number of pyridine rings is 1. The van der Waals surface area contributed by atoms with E-state index in [4.69, 9.17) is 0 Å². The van der Waals surface area contributed by atoms with Crippen molar-refractivity contribution in [2.75, 3.05) is 7.05 Å². The predicted molar refractivity (Wildman–Crippen MR) is 117 cm³/mol. The first kappa shape index (κ1) is 18.9. The maximum Gasteiger partial charge on any atom is 0.0343 e. The van der Waals surface area contributed by atoms with Crippen LogP contribution in [0.15, 0.2) is 24.5 Å². The minimum Gasteiger partial charge on any atom is -0.317 e. The van der Waals surface area contributed by atoms with Crippen molar-refractivity contribution in [2.24, 2.45) is 34.5 Å². The van der Waals surface area contributed by atoms with Crippen LogP contribution in [0, 0.1) is 41.4 Å². The third-order valence-electron chi connectivity index (χ3n) is 9.84.